The molecule has 1 amide bonds. The van der Waals surface area contributed by atoms with Gasteiger partial charge in [0.25, 0.3) is 0 Å². The predicted octanol–water partition coefficient (Wildman–Crippen LogP) is 3.05. The van der Waals surface area contributed by atoms with Crippen molar-refractivity contribution >= 4 is 5.91 Å². The molecule has 3 heteroatoms. The summed E-state index contributed by atoms with van der Waals surface area (Å²) in [5.41, 5.74) is 0.368. The highest BCUT2D eigenvalue weighted by Crippen LogP contribution is 2.62. The molecule has 1 aliphatic heterocycles. The van der Waals surface area contributed by atoms with Crippen molar-refractivity contribution in [1.29, 1.82) is 0 Å². The van der Waals surface area contributed by atoms with Crippen molar-refractivity contribution < 1.29 is 4.79 Å². The van der Waals surface area contributed by atoms with Gasteiger partial charge in [0.05, 0.1) is 11.7 Å². The van der Waals surface area contributed by atoms with E-state index in [-0.39, 0.29) is 5.54 Å². The molecule has 0 bridgehead atoms. The fourth-order valence-electron chi connectivity index (χ4n) is 4.79. The fraction of sp³-hybridized carbons (Fsp3) is 0.941. The molecule has 1 saturated heterocycles. The Morgan fingerprint density at radius 1 is 1.20 bits per heavy atom. The van der Waals surface area contributed by atoms with Gasteiger partial charge in [-0.15, -0.1) is 0 Å². The van der Waals surface area contributed by atoms with E-state index in [0.717, 1.165) is 38.1 Å². The lowest BCUT2D eigenvalue weighted by molar-refractivity contribution is -0.134. The largest absolute Gasteiger partial charge is 0.325 e. The molecule has 4 aliphatic rings. The summed E-state index contributed by atoms with van der Waals surface area (Å²) in [6.45, 7) is 3.29. The van der Waals surface area contributed by atoms with Gasteiger partial charge in [-0.3, -0.25) is 10.1 Å². The van der Waals surface area contributed by atoms with Crippen LogP contribution in [0.1, 0.15) is 71.1 Å². The van der Waals surface area contributed by atoms with Crippen LogP contribution in [0.15, 0.2) is 0 Å². The van der Waals surface area contributed by atoms with Gasteiger partial charge in [0.2, 0.25) is 5.91 Å². The van der Waals surface area contributed by atoms with Gasteiger partial charge in [-0.1, -0.05) is 26.2 Å². The first kappa shape index (κ1) is 13.1. The van der Waals surface area contributed by atoms with Crippen LogP contribution >= 0.6 is 0 Å². The van der Waals surface area contributed by atoms with E-state index in [4.69, 9.17) is 0 Å². The van der Waals surface area contributed by atoms with Crippen molar-refractivity contribution in [3.05, 3.63) is 0 Å². The molecule has 112 valence electrons. The first-order valence-corrected chi connectivity index (χ1v) is 8.78. The van der Waals surface area contributed by atoms with Crippen LogP contribution in [0.4, 0.5) is 0 Å². The van der Waals surface area contributed by atoms with Crippen LogP contribution in [0, 0.1) is 11.3 Å². The predicted molar refractivity (Wildman–Crippen MR) is 79.1 cm³/mol. The van der Waals surface area contributed by atoms with E-state index < -0.39 is 0 Å². The second-order valence-corrected chi connectivity index (χ2v) is 7.81. The highest BCUT2D eigenvalue weighted by Gasteiger charge is 2.59. The first-order valence-electron chi connectivity index (χ1n) is 8.78. The second kappa shape index (κ2) is 4.46. The van der Waals surface area contributed by atoms with Crippen molar-refractivity contribution in [3.8, 4) is 0 Å². The van der Waals surface area contributed by atoms with Gasteiger partial charge in [0.15, 0.2) is 0 Å². The van der Waals surface area contributed by atoms with E-state index in [1.54, 1.807) is 0 Å². The number of nitrogens with one attached hydrogen (secondary N) is 1. The molecule has 1 heterocycles. The summed E-state index contributed by atoms with van der Waals surface area (Å²) in [7, 11) is 0. The number of rotatable bonds is 5. The van der Waals surface area contributed by atoms with E-state index in [9.17, 15) is 4.79 Å². The van der Waals surface area contributed by atoms with E-state index in [1.165, 1.54) is 38.5 Å². The number of hydrogen-bond acceptors (Lipinski definition) is 2. The average molecular weight is 276 g/mol. The summed E-state index contributed by atoms with van der Waals surface area (Å²) in [5, 5.41) is 3.75. The molecule has 0 aromatic heterocycles. The zero-order valence-corrected chi connectivity index (χ0v) is 12.8. The smallest absolute Gasteiger partial charge is 0.244 e. The van der Waals surface area contributed by atoms with E-state index in [0.29, 0.717) is 17.5 Å². The molecule has 1 unspecified atom stereocenters. The van der Waals surface area contributed by atoms with Gasteiger partial charge in [-0.2, -0.15) is 0 Å². The molecule has 4 fully saturated rings. The third-order valence-electron chi connectivity index (χ3n) is 6.33. The maximum Gasteiger partial charge on any atom is 0.244 e. The van der Waals surface area contributed by atoms with Crippen LogP contribution in [0.3, 0.4) is 0 Å². The minimum absolute atomic E-state index is 0.167. The lowest BCUT2D eigenvalue weighted by Crippen LogP contribution is -2.44. The lowest BCUT2D eigenvalue weighted by Gasteiger charge is -2.29. The van der Waals surface area contributed by atoms with Gasteiger partial charge in [0.1, 0.15) is 0 Å². The molecule has 3 saturated carbocycles. The van der Waals surface area contributed by atoms with Gasteiger partial charge in [-0.05, 0) is 56.3 Å². The van der Waals surface area contributed by atoms with E-state index in [1.807, 2.05) is 0 Å². The summed E-state index contributed by atoms with van der Waals surface area (Å²) in [4.78, 5) is 15.3. The highest BCUT2D eigenvalue weighted by atomic mass is 16.2. The van der Waals surface area contributed by atoms with Crippen molar-refractivity contribution in [2.24, 2.45) is 11.3 Å². The first-order chi connectivity index (χ1) is 9.69. The van der Waals surface area contributed by atoms with Crippen LogP contribution < -0.4 is 5.32 Å². The second-order valence-electron chi connectivity index (χ2n) is 7.81. The SMILES string of the molecule is CCCC1NC2(CCCC2)C(=O)N1CC1(C2CC2)CC1. The van der Waals surface area contributed by atoms with Crippen LogP contribution in [0.25, 0.3) is 0 Å². The van der Waals surface area contributed by atoms with Crippen molar-refractivity contribution in [3.63, 3.8) is 0 Å². The Balaban J connectivity index is 1.54. The van der Waals surface area contributed by atoms with E-state index >= 15 is 0 Å². The number of hydrogen-bond donors (Lipinski definition) is 1. The topological polar surface area (TPSA) is 32.3 Å². The molecular formula is C17H28N2O. The molecule has 0 radical (unpaired) electrons. The van der Waals surface area contributed by atoms with Crippen LogP contribution in [0.2, 0.25) is 0 Å². The summed E-state index contributed by atoms with van der Waals surface area (Å²) >= 11 is 0. The number of amides is 1. The summed E-state index contributed by atoms with van der Waals surface area (Å²) in [6.07, 6.45) is 12.7. The molecule has 0 aromatic rings. The average Bonchev–Trinajstić information content (AvgIpc) is 3.34. The summed E-state index contributed by atoms with van der Waals surface area (Å²) < 4.78 is 0. The Kier molecular flexibility index (Phi) is 2.93. The molecule has 0 aromatic carbocycles. The zero-order chi connectivity index (χ0) is 13.8. The summed E-state index contributed by atoms with van der Waals surface area (Å²) in [5.74, 6) is 1.39. The Hall–Kier alpha value is -0.570. The van der Waals surface area contributed by atoms with Crippen molar-refractivity contribution in [2.45, 2.75) is 82.8 Å². The quantitative estimate of drug-likeness (QED) is 0.837. The van der Waals surface area contributed by atoms with Gasteiger partial charge < -0.3 is 4.90 Å². The van der Waals surface area contributed by atoms with Gasteiger partial charge in [-0.25, -0.2) is 0 Å². The Morgan fingerprint density at radius 3 is 2.45 bits per heavy atom. The van der Waals surface area contributed by atoms with Crippen molar-refractivity contribution in [1.82, 2.24) is 10.2 Å². The molecule has 1 atom stereocenters. The lowest BCUT2D eigenvalue weighted by atomic mass is 9.96. The van der Waals surface area contributed by atoms with Gasteiger partial charge >= 0.3 is 0 Å². The van der Waals surface area contributed by atoms with Gasteiger partial charge in [0, 0.05) is 6.54 Å². The minimum Gasteiger partial charge on any atom is -0.325 e. The Labute approximate surface area is 122 Å². The third kappa shape index (κ3) is 1.93. The fourth-order valence-corrected chi connectivity index (χ4v) is 4.79. The molecule has 20 heavy (non-hydrogen) atoms. The maximum atomic E-state index is 13.0. The number of carbonyl (C=O) groups is 1. The number of nitrogens with zero attached hydrogens (tertiary/aromatic N) is 1. The Bertz CT molecular complexity index is 405. The van der Waals surface area contributed by atoms with E-state index in [2.05, 4.69) is 17.1 Å². The molecule has 1 spiro atoms. The monoisotopic (exact) mass is 276 g/mol. The van der Waals surface area contributed by atoms with Crippen LogP contribution in [-0.2, 0) is 4.79 Å². The van der Waals surface area contributed by atoms with Crippen molar-refractivity contribution in [2.75, 3.05) is 6.54 Å². The standard InChI is InChI=1S/C17H28N2O/c1-2-5-14-18-17(8-3-4-9-17)15(20)19(14)12-16(10-11-16)13-6-7-13/h13-14,18H,2-12H2,1H3. The Morgan fingerprint density at radius 2 is 1.90 bits per heavy atom. The maximum absolute atomic E-state index is 13.0. The molecule has 3 nitrogen and oxygen atoms in total. The molecule has 4 rings (SSSR count). The molecule has 3 aliphatic carbocycles. The molecular weight excluding hydrogens is 248 g/mol. The number of carbonyl (C=O) groups excluding carboxylic acids is 1. The van der Waals surface area contributed by atoms with Crippen LogP contribution in [0.5, 0.6) is 0 Å². The zero-order valence-electron chi connectivity index (χ0n) is 12.8. The summed E-state index contributed by atoms with van der Waals surface area (Å²) in [6, 6.07) is 0. The third-order valence-corrected chi connectivity index (χ3v) is 6.33. The molecule has 1 N–H and O–H groups in total. The normalized spacial score (nSPS) is 34.1. The minimum atomic E-state index is -0.167. The van der Waals surface area contributed by atoms with Crippen LogP contribution in [-0.4, -0.2) is 29.1 Å². The highest BCUT2D eigenvalue weighted by molar-refractivity contribution is 5.89.